The molecule has 1 aromatic heterocycles. The van der Waals surface area contributed by atoms with Gasteiger partial charge in [0.05, 0.1) is 11.9 Å². The quantitative estimate of drug-likeness (QED) is 0.850. The van der Waals surface area contributed by atoms with Crippen LogP contribution in [0.2, 0.25) is 0 Å². The number of rotatable bonds is 4. The minimum absolute atomic E-state index is 0.00752. The first kappa shape index (κ1) is 19.8. The van der Waals surface area contributed by atoms with Gasteiger partial charge in [-0.05, 0) is 57.0 Å². The molecule has 0 unspecified atom stereocenters. The third kappa shape index (κ3) is 3.57. The lowest BCUT2D eigenvalue weighted by atomic mass is 10.1. The molecule has 0 aliphatic carbocycles. The van der Waals surface area contributed by atoms with Crippen molar-refractivity contribution in [2.75, 3.05) is 12.4 Å². The summed E-state index contributed by atoms with van der Waals surface area (Å²) in [7, 11) is -2.71. The highest BCUT2D eigenvalue weighted by molar-refractivity contribution is 7.88. The Morgan fingerprint density at radius 2 is 1.89 bits per heavy atom. The van der Waals surface area contributed by atoms with Gasteiger partial charge in [-0.1, -0.05) is 6.07 Å². The van der Waals surface area contributed by atoms with Crippen LogP contribution in [0.25, 0.3) is 0 Å². The van der Waals surface area contributed by atoms with Crippen molar-refractivity contribution in [3.05, 3.63) is 58.6 Å². The Hall–Kier alpha value is -2.94. The Kier molecular flexibility index (Phi) is 5.12. The minimum Gasteiger partial charge on any atom is -0.321 e. The van der Waals surface area contributed by atoms with Gasteiger partial charge in [0.2, 0.25) is 0 Å². The van der Waals surface area contributed by atoms with Gasteiger partial charge in [0, 0.05) is 30.5 Å². The van der Waals surface area contributed by atoms with E-state index >= 15 is 0 Å². The van der Waals surface area contributed by atoms with Crippen LogP contribution >= 0.6 is 0 Å². The van der Waals surface area contributed by atoms with E-state index in [-0.39, 0.29) is 11.4 Å². The van der Waals surface area contributed by atoms with E-state index in [1.807, 2.05) is 39.8 Å². The first-order valence-electron chi connectivity index (χ1n) is 8.86. The van der Waals surface area contributed by atoms with Crippen LogP contribution in [-0.4, -0.2) is 41.2 Å². The topological polar surface area (TPSA) is 96.7 Å². The van der Waals surface area contributed by atoms with Crippen LogP contribution in [0.5, 0.6) is 0 Å². The highest BCUT2D eigenvalue weighted by Gasteiger charge is 2.31. The van der Waals surface area contributed by atoms with Crippen LogP contribution in [0.1, 0.15) is 29.3 Å². The summed E-state index contributed by atoms with van der Waals surface area (Å²) < 4.78 is 31.5. The number of amides is 1. The van der Waals surface area contributed by atoms with Crippen molar-refractivity contribution < 1.29 is 13.2 Å². The molecule has 1 aliphatic heterocycles. The number of carbonyl (C=O) groups is 1. The maximum Gasteiger partial charge on any atom is 0.345 e. The van der Waals surface area contributed by atoms with Crippen molar-refractivity contribution in [1.29, 1.82) is 0 Å². The van der Waals surface area contributed by atoms with E-state index in [1.54, 1.807) is 16.9 Å². The van der Waals surface area contributed by atoms with Gasteiger partial charge in [-0.25, -0.2) is 4.31 Å². The summed E-state index contributed by atoms with van der Waals surface area (Å²) in [5, 5.41) is 6.99. The molecule has 0 radical (unpaired) electrons. The first-order chi connectivity index (χ1) is 13.1. The minimum atomic E-state index is -4.02. The number of hydrogen-bond donors (Lipinski definition) is 1. The van der Waals surface area contributed by atoms with E-state index in [0.29, 0.717) is 17.8 Å². The molecule has 2 heterocycles. The van der Waals surface area contributed by atoms with Crippen molar-refractivity contribution in [3.8, 4) is 0 Å². The molecule has 1 aliphatic rings. The normalized spacial score (nSPS) is 15.8. The molecular formula is C19H23N5O3S. The molecule has 1 amide bonds. The molecule has 0 saturated carbocycles. The fraction of sp³-hybridized carbons (Fsp3) is 0.316. The number of nitrogens with one attached hydrogen (secondary N) is 1. The zero-order chi connectivity index (χ0) is 20.6. The van der Waals surface area contributed by atoms with E-state index in [0.717, 1.165) is 21.1 Å². The standard InChI is InChI=1S/C19H23N5O3S/c1-6-24-14(4)16(11-20-24)17-10-18(23(5)28(26,27)22-17)19(25)21-15-8-7-12(2)13(3)9-15/h7-11H,6H2,1-5H3,(H,21,25). The van der Waals surface area contributed by atoms with E-state index in [2.05, 4.69) is 14.8 Å². The van der Waals surface area contributed by atoms with Crippen LogP contribution in [0.3, 0.4) is 0 Å². The lowest BCUT2D eigenvalue weighted by Crippen LogP contribution is -2.35. The number of aryl methyl sites for hydroxylation is 3. The van der Waals surface area contributed by atoms with E-state index in [1.165, 1.54) is 13.1 Å². The van der Waals surface area contributed by atoms with Gasteiger partial charge >= 0.3 is 10.2 Å². The van der Waals surface area contributed by atoms with Crippen LogP contribution in [-0.2, 0) is 21.5 Å². The smallest absolute Gasteiger partial charge is 0.321 e. The maximum atomic E-state index is 12.8. The summed E-state index contributed by atoms with van der Waals surface area (Å²) in [6.45, 7) is 8.35. The second kappa shape index (κ2) is 7.23. The van der Waals surface area contributed by atoms with Gasteiger partial charge in [0.25, 0.3) is 5.91 Å². The summed E-state index contributed by atoms with van der Waals surface area (Å²) in [5.41, 5.74) is 4.28. The molecule has 148 valence electrons. The molecule has 8 nitrogen and oxygen atoms in total. The van der Waals surface area contributed by atoms with E-state index in [4.69, 9.17) is 0 Å². The molecule has 0 atom stereocenters. The molecule has 2 aromatic rings. The van der Waals surface area contributed by atoms with E-state index < -0.39 is 16.1 Å². The van der Waals surface area contributed by atoms with Crippen molar-refractivity contribution in [3.63, 3.8) is 0 Å². The summed E-state index contributed by atoms with van der Waals surface area (Å²) in [6.07, 6.45) is 3.04. The second-order valence-corrected chi connectivity index (χ2v) is 8.29. The van der Waals surface area contributed by atoms with Gasteiger partial charge in [0.15, 0.2) is 0 Å². The first-order valence-corrected chi connectivity index (χ1v) is 10.3. The maximum absolute atomic E-state index is 12.8. The lowest BCUT2D eigenvalue weighted by Gasteiger charge is -2.23. The average molecular weight is 401 g/mol. The number of allylic oxidation sites excluding steroid dienone is 1. The second-order valence-electron chi connectivity index (χ2n) is 6.66. The van der Waals surface area contributed by atoms with Gasteiger partial charge in [0.1, 0.15) is 5.70 Å². The van der Waals surface area contributed by atoms with Crippen LogP contribution in [0.4, 0.5) is 5.69 Å². The molecule has 0 saturated heterocycles. The number of likely N-dealkylation sites (N-methyl/N-ethyl adjacent to an activating group) is 1. The van der Waals surface area contributed by atoms with Gasteiger partial charge in [-0.15, -0.1) is 4.40 Å². The van der Waals surface area contributed by atoms with Gasteiger partial charge in [-0.3, -0.25) is 9.48 Å². The number of carbonyl (C=O) groups excluding carboxylic acids is 1. The van der Waals surface area contributed by atoms with Crippen molar-refractivity contribution >= 4 is 27.5 Å². The molecule has 1 N–H and O–H groups in total. The highest BCUT2D eigenvalue weighted by atomic mass is 32.2. The predicted molar refractivity (Wildman–Crippen MR) is 108 cm³/mol. The predicted octanol–water partition coefficient (Wildman–Crippen LogP) is 2.33. The molecule has 9 heteroatoms. The van der Waals surface area contributed by atoms with Crippen molar-refractivity contribution in [2.24, 2.45) is 4.40 Å². The SMILES string of the molecule is CCn1ncc(C2=NS(=O)(=O)N(C)C(C(=O)Nc3ccc(C)c(C)c3)=C2)c1C. The Labute approximate surface area is 164 Å². The third-order valence-electron chi connectivity index (χ3n) is 4.85. The number of nitrogens with zero attached hydrogens (tertiary/aromatic N) is 4. The zero-order valence-corrected chi connectivity index (χ0v) is 17.3. The van der Waals surface area contributed by atoms with Crippen LogP contribution in [0.15, 0.2) is 40.6 Å². The number of hydrogen-bond acceptors (Lipinski definition) is 4. The lowest BCUT2D eigenvalue weighted by molar-refractivity contribution is -0.113. The molecule has 1 aromatic carbocycles. The molecule has 28 heavy (non-hydrogen) atoms. The molecular weight excluding hydrogens is 378 g/mol. The Bertz CT molecular complexity index is 1110. The highest BCUT2D eigenvalue weighted by Crippen LogP contribution is 2.23. The van der Waals surface area contributed by atoms with Gasteiger partial charge < -0.3 is 5.32 Å². The molecule has 0 fully saturated rings. The summed E-state index contributed by atoms with van der Waals surface area (Å²) in [5.74, 6) is -0.526. The fourth-order valence-electron chi connectivity index (χ4n) is 2.92. The summed E-state index contributed by atoms with van der Waals surface area (Å²) in [4.78, 5) is 12.8. The van der Waals surface area contributed by atoms with Crippen LogP contribution < -0.4 is 5.32 Å². The van der Waals surface area contributed by atoms with Crippen molar-refractivity contribution in [1.82, 2.24) is 14.1 Å². The summed E-state index contributed by atoms with van der Waals surface area (Å²) >= 11 is 0. The summed E-state index contributed by atoms with van der Waals surface area (Å²) in [6, 6.07) is 5.52. The molecule has 0 spiro atoms. The Morgan fingerprint density at radius 1 is 1.18 bits per heavy atom. The van der Waals surface area contributed by atoms with Gasteiger partial charge in [-0.2, -0.15) is 13.5 Å². The fourth-order valence-corrected chi connectivity index (χ4v) is 3.83. The third-order valence-corrected chi connectivity index (χ3v) is 6.16. The zero-order valence-electron chi connectivity index (χ0n) is 16.5. The van der Waals surface area contributed by atoms with Crippen LogP contribution in [0, 0.1) is 20.8 Å². The monoisotopic (exact) mass is 401 g/mol. The number of benzene rings is 1. The Morgan fingerprint density at radius 3 is 2.50 bits per heavy atom. The molecule has 0 bridgehead atoms. The van der Waals surface area contributed by atoms with Crippen molar-refractivity contribution in [2.45, 2.75) is 34.2 Å². The largest absolute Gasteiger partial charge is 0.345 e. The average Bonchev–Trinajstić information content (AvgIpc) is 3.01. The Balaban J connectivity index is 1.99. The number of anilines is 1. The van der Waals surface area contributed by atoms with E-state index in [9.17, 15) is 13.2 Å². The number of aromatic nitrogens is 2. The molecule has 3 rings (SSSR count).